The van der Waals surface area contributed by atoms with Gasteiger partial charge in [-0.3, -0.25) is 4.48 Å². The molecule has 0 saturated carbocycles. The zero-order chi connectivity index (χ0) is 56.6. The maximum atomic E-state index is 9.29. The number of fused-ring (bicyclic) bond motifs is 6. The summed E-state index contributed by atoms with van der Waals surface area (Å²) in [5.41, 5.74) is 8.04. The first-order valence-corrected chi connectivity index (χ1v) is 23.1. The largest absolute Gasteiger partial charge is 0.509 e. The first-order chi connectivity index (χ1) is 37.0. The van der Waals surface area contributed by atoms with Crippen LogP contribution in [-0.2, 0) is 37.3 Å². The maximum absolute atomic E-state index is 9.29. The SMILES string of the molecule is [2H]c1c([2H])c([2H])c2c(c1[2H])c1c([2H])c([2H])c([2H])c([2H])c1n2-c1cccc2c1c1ccc(Oc3[c-]c([N@@+]45[CH-][N@@+](c6cc(C(C)(C)C)cc(C(C)(C)C)c6)(C4)c4c(C([2H])([2H])[2H])cccc45)ccc3)[c-]c1n2-c1cc(C(C)(C)C)ccn1.[Pt]. The molecule has 2 bridgehead atoms. The minimum absolute atomic E-state index is 0. The van der Waals surface area contributed by atoms with Crippen LogP contribution in [0.2, 0.25) is 0 Å². The normalized spacial score (nSPS) is 20.3. The number of pyridine rings is 1. The second-order valence-corrected chi connectivity index (χ2v) is 21.5. The molecule has 7 aromatic carbocycles. The van der Waals surface area contributed by atoms with Crippen LogP contribution in [0.25, 0.3) is 55.1 Å². The summed E-state index contributed by atoms with van der Waals surface area (Å²) in [6.07, 6.45) is 1.76. The van der Waals surface area contributed by atoms with Crippen molar-refractivity contribution in [2.45, 2.75) is 85.4 Å². The molecule has 0 spiro atoms. The van der Waals surface area contributed by atoms with E-state index in [4.69, 9.17) is 22.1 Å². The number of nitrogens with zero attached hydrogens (tertiary/aromatic N) is 5. The smallest absolute Gasteiger partial charge is 0.184 e. The number of aromatic nitrogens is 3. The van der Waals surface area contributed by atoms with Crippen LogP contribution >= 0.6 is 0 Å². The van der Waals surface area contributed by atoms with Gasteiger partial charge in [-0.15, -0.1) is 24.3 Å². The average molecular weight is 1100 g/mol. The van der Waals surface area contributed by atoms with Gasteiger partial charge in [0.05, 0.1) is 28.7 Å². The Kier molecular flexibility index (Phi) is 7.70. The molecule has 69 heavy (non-hydrogen) atoms. The molecule has 6 nitrogen and oxygen atoms in total. The van der Waals surface area contributed by atoms with Crippen molar-refractivity contribution >= 4 is 66.4 Å². The van der Waals surface area contributed by atoms with E-state index in [1.807, 2.05) is 65.2 Å². The molecular weight excluding hydrogens is 1030 g/mol. The summed E-state index contributed by atoms with van der Waals surface area (Å²) in [4.78, 5) is 4.91. The summed E-state index contributed by atoms with van der Waals surface area (Å²) in [7, 11) is 0. The van der Waals surface area contributed by atoms with Crippen molar-refractivity contribution in [2.24, 2.45) is 0 Å². The fraction of sp³-hybridized carbons (Fsp3) is 0.226. The Balaban J connectivity index is 0.00000675. The van der Waals surface area contributed by atoms with Crippen LogP contribution in [0.3, 0.4) is 0 Å². The van der Waals surface area contributed by atoms with E-state index in [0.29, 0.717) is 57.0 Å². The molecule has 0 unspecified atom stereocenters. The molecule has 3 aromatic heterocycles. The number of rotatable bonds is 6. The zero-order valence-electron chi connectivity index (χ0n) is 51.1. The number of quaternary nitrogens is 2. The minimum atomic E-state index is -2.39. The molecular formula is C62H58N5OPt-. The first kappa shape index (κ1) is 34.1. The molecule has 0 N–H and O–H groups in total. The monoisotopic (exact) mass is 1090 g/mol. The van der Waals surface area contributed by atoms with Gasteiger partial charge in [-0.1, -0.05) is 140 Å². The molecule has 2 atom stereocenters. The topological polar surface area (TPSA) is 32.0 Å². The van der Waals surface area contributed by atoms with Gasteiger partial charge in [-0.25, -0.2) is 4.98 Å². The van der Waals surface area contributed by atoms with E-state index in [-0.39, 0.29) is 68.1 Å². The fourth-order valence-corrected chi connectivity index (χ4v) is 10.4. The van der Waals surface area contributed by atoms with Crippen molar-refractivity contribution in [3.05, 3.63) is 193 Å². The molecule has 348 valence electrons. The molecule has 10 aromatic rings. The van der Waals surface area contributed by atoms with E-state index in [2.05, 4.69) is 99.3 Å². The summed E-state index contributed by atoms with van der Waals surface area (Å²) >= 11 is 0. The van der Waals surface area contributed by atoms with Crippen molar-refractivity contribution in [3.8, 4) is 23.0 Å². The van der Waals surface area contributed by atoms with Gasteiger partial charge in [0.2, 0.25) is 0 Å². The van der Waals surface area contributed by atoms with Gasteiger partial charge < -0.3 is 18.4 Å². The summed E-state index contributed by atoms with van der Waals surface area (Å²) in [5, 5.41) is 1.23. The Bertz CT molecular complexity index is 4180. The second kappa shape index (κ2) is 15.6. The molecule has 0 aliphatic carbocycles. The van der Waals surface area contributed by atoms with Crippen LogP contribution in [0, 0.1) is 25.7 Å². The summed E-state index contributed by atoms with van der Waals surface area (Å²) < 4.78 is 109. The molecule has 6 heterocycles. The number of aryl methyl sites for hydroxylation is 1. The number of hydrogen-bond acceptors (Lipinski definition) is 2. The van der Waals surface area contributed by atoms with E-state index in [0.717, 1.165) is 28.3 Å². The van der Waals surface area contributed by atoms with Crippen LogP contribution in [0.15, 0.2) is 152 Å². The van der Waals surface area contributed by atoms with Crippen molar-refractivity contribution < 1.29 is 40.9 Å². The van der Waals surface area contributed by atoms with Crippen LogP contribution in [0.1, 0.15) is 99.6 Å². The first-order valence-electron chi connectivity index (χ1n) is 28.6. The van der Waals surface area contributed by atoms with Gasteiger partial charge >= 0.3 is 0 Å². The molecule has 3 aliphatic heterocycles. The third kappa shape index (κ3) is 6.89. The van der Waals surface area contributed by atoms with Gasteiger partial charge in [0.15, 0.2) is 18.0 Å². The summed E-state index contributed by atoms with van der Waals surface area (Å²) in [6.45, 7) is 19.9. The fourth-order valence-electron chi connectivity index (χ4n) is 10.4. The van der Waals surface area contributed by atoms with E-state index < -0.39 is 55.2 Å². The summed E-state index contributed by atoms with van der Waals surface area (Å²) in [6, 6.07) is 34.8. The summed E-state index contributed by atoms with van der Waals surface area (Å²) in [5.74, 6) is 1.31. The van der Waals surface area contributed by atoms with Crippen molar-refractivity contribution in [2.75, 3.05) is 6.67 Å². The van der Waals surface area contributed by atoms with Crippen LogP contribution in [0.4, 0.5) is 22.7 Å². The Labute approximate surface area is 436 Å². The Morgan fingerprint density at radius 1 is 0.638 bits per heavy atom. The number of hydrogen-bond donors (Lipinski definition) is 0. The zero-order valence-corrected chi connectivity index (χ0v) is 42.3. The molecule has 1 saturated heterocycles. The number of para-hydroxylation sites is 3. The predicted octanol–water partition coefficient (Wildman–Crippen LogP) is 16.2. The van der Waals surface area contributed by atoms with Crippen molar-refractivity contribution in [1.29, 1.82) is 0 Å². The molecule has 3 aliphatic rings. The van der Waals surface area contributed by atoms with Gasteiger partial charge in [0.1, 0.15) is 11.5 Å². The van der Waals surface area contributed by atoms with Crippen molar-refractivity contribution in [3.63, 3.8) is 0 Å². The van der Waals surface area contributed by atoms with Crippen LogP contribution < -0.4 is 13.7 Å². The van der Waals surface area contributed by atoms with Crippen LogP contribution in [0.5, 0.6) is 11.5 Å². The third-order valence-corrected chi connectivity index (χ3v) is 14.0. The second-order valence-electron chi connectivity index (χ2n) is 21.5. The van der Waals surface area contributed by atoms with Crippen molar-refractivity contribution in [1.82, 2.24) is 23.1 Å². The van der Waals surface area contributed by atoms with E-state index in [1.54, 1.807) is 29.0 Å². The van der Waals surface area contributed by atoms with E-state index >= 15 is 0 Å². The van der Waals surface area contributed by atoms with Gasteiger partial charge in [0, 0.05) is 94.3 Å². The average Bonchev–Trinajstić information content (AvgIpc) is 4.30. The molecule has 1 fully saturated rings. The molecule has 0 amide bonds. The predicted molar refractivity (Wildman–Crippen MR) is 283 cm³/mol. The van der Waals surface area contributed by atoms with Crippen LogP contribution in [-0.4, -0.2) is 20.8 Å². The van der Waals surface area contributed by atoms with E-state index in [9.17, 15) is 2.74 Å². The molecule has 7 heteroatoms. The Morgan fingerprint density at radius 3 is 1.94 bits per heavy atom. The Morgan fingerprint density at radius 2 is 1.28 bits per heavy atom. The number of ether oxygens (including phenoxy) is 1. The third-order valence-electron chi connectivity index (χ3n) is 14.0. The van der Waals surface area contributed by atoms with Gasteiger partial charge in [-0.2, -0.15) is 12.1 Å². The molecule has 0 radical (unpaired) electrons. The van der Waals surface area contributed by atoms with Gasteiger partial charge in [-0.05, 0) is 81.5 Å². The van der Waals surface area contributed by atoms with E-state index in [1.165, 1.54) is 11.1 Å². The van der Waals surface area contributed by atoms with Gasteiger partial charge in [0.25, 0.3) is 0 Å². The quantitative estimate of drug-likeness (QED) is 0.123. The maximum Gasteiger partial charge on any atom is 0.184 e. The standard InChI is InChI=1S/C62H58N5O.Pt/c1-40-18-15-27-56-59(40)67(45-33-42(61(5,6)7)32-43(34-45)62(8,9)10)38-66(56,39-67)44-19-16-20-46(36-44)68-47-28-29-50-55(37-47)65(57-35-41(30-31-63-57)60(2,3)4)54-26-17-25-53(58(50)54)64-51-23-13-11-21-48(51)49-22-12-14-24-52(49)64;/h11-35,38H,39H2,1-10H3;/q-1;/t66-,67+;/m1./s1/i1D3,11D,12D,13D,14D,21D,22D,23D,24D;. The molecule has 13 rings (SSSR count). The minimum Gasteiger partial charge on any atom is -0.509 e. The Hall–Kier alpha value is -6.30. The number of benzene rings is 7.